The van der Waals surface area contributed by atoms with Crippen LogP contribution in [0, 0.1) is 0 Å². The summed E-state index contributed by atoms with van der Waals surface area (Å²) in [5.41, 5.74) is -1.24. The number of phenolic OH excluding ortho intramolecular Hbond substituents is 1. The Bertz CT molecular complexity index is 423. The monoisotopic (exact) mass is 279 g/mol. The van der Waals surface area contributed by atoms with Crippen LogP contribution in [0.25, 0.3) is 0 Å². The van der Waals surface area contributed by atoms with Gasteiger partial charge in [0.1, 0.15) is 11.9 Å². The van der Waals surface area contributed by atoms with Crippen LogP contribution in [0.2, 0.25) is 0 Å². The molecule has 2 atom stereocenters. The fourth-order valence-corrected chi connectivity index (χ4v) is 1.64. The van der Waals surface area contributed by atoms with Crippen molar-refractivity contribution in [2.45, 2.75) is 24.8 Å². The third-order valence-corrected chi connectivity index (χ3v) is 2.66. The SMILES string of the molecule is CNCCC(O)C(O)c1cc(O)cc(C(F)(F)F)c1. The van der Waals surface area contributed by atoms with Crippen molar-refractivity contribution in [3.05, 3.63) is 29.3 Å². The summed E-state index contributed by atoms with van der Waals surface area (Å²) >= 11 is 0. The summed E-state index contributed by atoms with van der Waals surface area (Å²) in [6, 6.07) is 2.28. The Hall–Kier alpha value is -1.31. The van der Waals surface area contributed by atoms with Crippen molar-refractivity contribution >= 4 is 0 Å². The zero-order valence-corrected chi connectivity index (χ0v) is 10.3. The smallest absolute Gasteiger partial charge is 0.416 e. The summed E-state index contributed by atoms with van der Waals surface area (Å²) in [5, 5.41) is 31.4. The maximum atomic E-state index is 12.5. The van der Waals surface area contributed by atoms with Crippen molar-refractivity contribution in [3.8, 4) is 5.75 Å². The number of phenols is 1. The van der Waals surface area contributed by atoms with E-state index >= 15 is 0 Å². The van der Waals surface area contributed by atoms with Gasteiger partial charge in [0.25, 0.3) is 0 Å². The second-order valence-electron chi connectivity index (χ2n) is 4.22. The standard InChI is InChI=1S/C12H16F3NO3/c1-16-3-2-10(18)11(19)7-4-8(12(13,14)15)6-9(17)5-7/h4-6,10-11,16-19H,2-3H2,1H3. The van der Waals surface area contributed by atoms with Crippen molar-refractivity contribution < 1.29 is 28.5 Å². The molecule has 1 rings (SSSR count). The largest absolute Gasteiger partial charge is 0.508 e. The Morgan fingerprint density at radius 2 is 1.84 bits per heavy atom. The molecular formula is C12H16F3NO3. The van der Waals surface area contributed by atoms with Crippen molar-refractivity contribution in [1.29, 1.82) is 0 Å². The van der Waals surface area contributed by atoms with Crippen LogP contribution in [0.4, 0.5) is 13.2 Å². The van der Waals surface area contributed by atoms with Gasteiger partial charge in [0, 0.05) is 0 Å². The van der Waals surface area contributed by atoms with E-state index in [9.17, 15) is 28.5 Å². The van der Waals surface area contributed by atoms with Gasteiger partial charge in [-0.3, -0.25) is 0 Å². The topological polar surface area (TPSA) is 72.7 Å². The molecule has 0 amide bonds. The van der Waals surface area contributed by atoms with E-state index in [4.69, 9.17) is 0 Å². The first-order chi connectivity index (χ1) is 8.75. The normalized spacial score (nSPS) is 15.3. The maximum absolute atomic E-state index is 12.5. The number of hydrogen-bond donors (Lipinski definition) is 4. The van der Waals surface area contributed by atoms with E-state index in [1.165, 1.54) is 0 Å². The minimum absolute atomic E-state index is 0.170. The summed E-state index contributed by atoms with van der Waals surface area (Å²) in [6.07, 6.45) is -7.14. The molecule has 4 N–H and O–H groups in total. The molecule has 2 unspecified atom stereocenters. The maximum Gasteiger partial charge on any atom is 0.416 e. The average Bonchev–Trinajstić information content (AvgIpc) is 2.33. The second-order valence-corrected chi connectivity index (χ2v) is 4.22. The van der Waals surface area contributed by atoms with Crippen LogP contribution in [0.15, 0.2) is 18.2 Å². The van der Waals surface area contributed by atoms with Crippen molar-refractivity contribution in [1.82, 2.24) is 5.32 Å². The van der Waals surface area contributed by atoms with Crippen LogP contribution in [-0.4, -0.2) is 35.0 Å². The van der Waals surface area contributed by atoms with Gasteiger partial charge in [0.2, 0.25) is 0 Å². The van der Waals surface area contributed by atoms with Gasteiger partial charge in [-0.05, 0) is 43.8 Å². The second kappa shape index (κ2) is 6.23. The molecule has 0 radical (unpaired) electrons. The highest BCUT2D eigenvalue weighted by molar-refractivity contribution is 5.36. The molecule has 0 aliphatic rings. The molecule has 0 aromatic heterocycles. The third-order valence-electron chi connectivity index (χ3n) is 2.66. The molecule has 1 aromatic rings. The molecule has 0 bridgehead atoms. The molecule has 0 aliphatic heterocycles. The van der Waals surface area contributed by atoms with Gasteiger partial charge in [-0.1, -0.05) is 0 Å². The van der Waals surface area contributed by atoms with Crippen molar-refractivity contribution in [2.24, 2.45) is 0 Å². The fourth-order valence-electron chi connectivity index (χ4n) is 1.64. The van der Waals surface area contributed by atoms with E-state index in [-0.39, 0.29) is 12.0 Å². The Kier molecular flexibility index (Phi) is 5.16. The van der Waals surface area contributed by atoms with Gasteiger partial charge in [0.05, 0.1) is 11.7 Å². The first-order valence-electron chi connectivity index (χ1n) is 5.67. The van der Waals surface area contributed by atoms with E-state index in [0.717, 1.165) is 6.07 Å². The molecule has 0 saturated carbocycles. The van der Waals surface area contributed by atoms with E-state index < -0.39 is 29.7 Å². The zero-order valence-electron chi connectivity index (χ0n) is 10.3. The number of alkyl halides is 3. The van der Waals surface area contributed by atoms with Crippen LogP contribution in [-0.2, 0) is 6.18 Å². The average molecular weight is 279 g/mol. The summed E-state index contributed by atoms with van der Waals surface area (Å²) in [7, 11) is 1.65. The summed E-state index contributed by atoms with van der Waals surface area (Å²) in [5.74, 6) is -0.607. The predicted molar refractivity (Wildman–Crippen MR) is 62.6 cm³/mol. The first kappa shape index (κ1) is 15.7. The highest BCUT2D eigenvalue weighted by Crippen LogP contribution is 2.34. The van der Waals surface area contributed by atoms with E-state index in [2.05, 4.69) is 5.32 Å². The summed E-state index contributed by atoms with van der Waals surface area (Å²) in [4.78, 5) is 0. The quantitative estimate of drug-likeness (QED) is 0.657. The molecule has 7 heteroatoms. The number of hydrogen-bond acceptors (Lipinski definition) is 4. The zero-order chi connectivity index (χ0) is 14.6. The van der Waals surface area contributed by atoms with Gasteiger partial charge < -0.3 is 20.6 Å². The van der Waals surface area contributed by atoms with Gasteiger partial charge >= 0.3 is 6.18 Å². The van der Waals surface area contributed by atoms with E-state index in [1.807, 2.05) is 0 Å². The van der Waals surface area contributed by atoms with Gasteiger partial charge in [-0.15, -0.1) is 0 Å². The third kappa shape index (κ3) is 4.38. The van der Waals surface area contributed by atoms with Crippen LogP contribution < -0.4 is 5.32 Å². The molecule has 19 heavy (non-hydrogen) atoms. The van der Waals surface area contributed by atoms with E-state index in [0.29, 0.717) is 18.7 Å². The molecular weight excluding hydrogens is 263 g/mol. The van der Waals surface area contributed by atoms with Crippen LogP contribution in [0.3, 0.4) is 0 Å². The van der Waals surface area contributed by atoms with Crippen molar-refractivity contribution in [2.75, 3.05) is 13.6 Å². The molecule has 108 valence electrons. The molecule has 0 saturated heterocycles. The van der Waals surface area contributed by atoms with Crippen LogP contribution in [0.5, 0.6) is 5.75 Å². The fraction of sp³-hybridized carbons (Fsp3) is 0.500. The molecule has 1 aromatic carbocycles. The number of rotatable bonds is 5. The molecule has 4 nitrogen and oxygen atoms in total. The lowest BCUT2D eigenvalue weighted by molar-refractivity contribution is -0.137. The summed E-state index contributed by atoms with van der Waals surface area (Å²) < 4.78 is 37.6. The number of benzene rings is 1. The highest BCUT2D eigenvalue weighted by atomic mass is 19.4. The Morgan fingerprint density at radius 1 is 1.21 bits per heavy atom. The highest BCUT2D eigenvalue weighted by Gasteiger charge is 2.32. The number of halogens is 3. The van der Waals surface area contributed by atoms with Gasteiger partial charge in [-0.25, -0.2) is 0 Å². The number of aromatic hydroxyl groups is 1. The Morgan fingerprint density at radius 3 is 2.37 bits per heavy atom. The molecule has 0 spiro atoms. The predicted octanol–water partition coefficient (Wildman–Crippen LogP) is 1.41. The van der Waals surface area contributed by atoms with Crippen LogP contribution >= 0.6 is 0 Å². The number of nitrogens with one attached hydrogen (secondary N) is 1. The summed E-state index contributed by atoms with van der Waals surface area (Å²) in [6.45, 7) is 0.406. The van der Waals surface area contributed by atoms with Gasteiger partial charge in [0.15, 0.2) is 0 Å². The Labute approximate surface area is 108 Å². The lowest BCUT2D eigenvalue weighted by Gasteiger charge is -2.19. The lowest BCUT2D eigenvalue weighted by atomic mass is 9.99. The number of aliphatic hydroxyl groups excluding tert-OH is 2. The van der Waals surface area contributed by atoms with Crippen LogP contribution in [0.1, 0.15) is 23.7 Å². The first-order valence-corrected chi connectivity index (χ1v) is 5.67. The molecule has 0 heterocycles. The lowest BCUT2D eigenvalue weighted by Crippen LogP contribution is -2.23. The number of aliphatic hydroxyl groups is 2. The Balaban J connectivity index is 2.97. The van der Waals surface area contributed by atoms with E-state index in [1.54, 1.807) is 7.05 Å². The molecule has 0 fully saturated rings. The van der Waals surface area contributed by atoms with Crippen molar-refractivity contribution in [3.63, 3.8) is 0 Å². The molecule has 0 aliphatic carbocycles. The van der Waals surface area contributed by atoms with Gasteiger partial charge in [-0.2, -0.15) is 13.2 Å². The minimum Gasteiger partial charge on any atom is -0.508 e. The minimum atomic E-state index is -4.62.